The van der Waals surface area contributed by atoms with Crippen LogP contribution in [0.25, 0.3) is 0 Å². The fourth-order valence-corrected chi connectivity index (χ4v) is 2.00. The molecule has 0 spiro atoms. The van der Waals surface area contributed by atoms with Crippen LogP contribution in [0.3, 0.4) is 0 Å². The molecule has 0 saturated heterocycles. The summed E-state index contributed by atoms with van der Waals surface area (Å²) in [6.07, 6.45) is 3.77. The molecule has 2 aromatic rings. The summed E-state index contributed by atoms with van der Waals surface area (Å²) in [6, 6.07) is 6.75. The smallest absolute Gasteiger partial charge is 0.349 e. The van der Waals surface area contributed by atoms with Crippen LogP contribution in [0.15, 0.2) is 42.5 Å². The first-order valence-electron chi connectivity index (χ1n) is 6.97. The minimum absolute atomic E-state index is 0.236. The van der Waals surface area contributed by atoms with Crippen LogP contribution in [0.4, 0.5) is 13.2 Å². The number of benzene rings is 2. The van der Waals surface area contributed by atoms with E-state index < -0.39 is 29.0 Å². The van der Waals surface area contributed by atoms with Crippen molar-refractivity contribution in [2.45, 2.75) is 13.3 Å². The highest BCUT2D eigenvalue weighted by atomic mass is 19.1. The number of rotatable bonds is 4. The first-order valence-corrected chi connectivity index (χ1v) is 6.97. The van der Waals surface area contributed by atoms with E-state index in [1.54, 1.807) is 25.1 Å². The van der Waals surface area contributed by atoms with Gasteiger partial charge < -0.3 is 4.74 Å². The van der Waals surface area contributed by atoms with Crippen LogP contribution in [-0.2, 0) is 6.42 Å². The Kier molecular flexibility index (Phi) is 5.38. The number of hydrogen-bond donors (Lipinski definition) is 0. The Morgan fingerprint density at radius 3 is 2.38 bits per heavy atom. The van der Waals surface area contributed by atoms with Gasteiger partial charge in [0.05, 0.1) is 5.56 Å². The predicted octanol–water partition coefficient (Wildman–Crippen LogP) is 4.31. The van der Waals surface area contributed by atoms with Gasteiger partial charge in [0.25, 0.3) is 0 Å². The second-order valence-corrected chi connectivity index (χ2v) is 4.85. The second kappa shape index (κ2) is 7.47. The number of esters is 1. The Labute approximate surface area is 136 Å². The van der Waals surface area contributed by atoms with Crippen LogP contribution in [0.1, 0.15) is 28.4 Å². The summed E-state index contributed by atoms with van der Waals surface area (Å²) in [7, 11) is 0. The molecule has 0 unspecified atom stereocenters. The van der Waals surface area contributed by atoms with Crippen molar-refractivity contribution in [3.8, 4) is 11.8 Å². The standard InChI is InChI=1S/C18H12F3NO2/c1-2-3-4-11-7-15(20)17(16(21)8-11)18(23)24-13-6-5-12(10-22)14(19)9-13/h2-3,5-9H,4H2,1H3. The maximum Gasteiger partial charge on any atom is 0.349 e. The van der Waals surface area contributed by atoms with Crippen molar-refractivity contribution in [3.63, 3.8) is 0 Å². The molecule has 122 valence electrons. The number of nitrogens with zero attached hydrogens (tertiary/aromatic N) is 1. The van der Waals surface area contributed by atoms with Crippen LogP contribution in [0.5, 0.6) is 5.75 Å². The van der Waals surface area contributed by atoms with Gasteiger partial charge in [-0.3, -0.25) is 0 Å². The summed E-state index contributed by atoms with van der Waals surface area (Å²) >= 11 is 0. The van der Waals surface area contributed by atoms with Crippen LogP contribution >= 0.6 is 0 Å². The van der Waals surface area contributed by atoms with Gasteiger partial charge in [-0.05, 0) is 43.2 Å². The zero-order chi connectivity index (χ0) is 17.7. The molecule has 24 heavy (non-hydrogen) atoms. The fourth-order valence-electron chi connectivity index (χ4n) is 2.00. The van der Waals surface area contributed by atoms with E-state index in [4.69, 9.17) is 10.00 Å². The molecule has 0 saturated carbocycles. The maximum atomic E-state index is 14.0. The Balaban J connectivity index is 2.27. The Hall–Kier alpha value is -3.07. The van der Waals surface area contributed by atoms with E-state index in [9.17, 15) is 18.0 Å². The molecule has 0 fully saturated rings. The van der Waals surface area contributed by atoms with Gasteiger partial charge >= 0.3 is 5.97 Å². The van der Waals surface area contributed by atoms with E-state index >= 15 is 0 Å². The van der Waals surface area contributed by atoms with Gasteiger partial charge in [-0.15, -0.1) is 0 Å². The number of carbonyl (C=O) groups excluding carboxylic acids is 1. The van der Waals surface area contributed by atoms with E-state index in [1.807, 2.05) is 0 Å². The number of halogens is 3. The third kappa shape index (κ3) is 3.82. The van der Waals surface area contributed by atoms with Gasteiger partial charge in [0, 0.05) is 6.07 Å². The third-order valence-corrected chi connectivity index (χ3v) is 3.17. The molecular formula is C18H12F3NO2. The lowest BCUT2D eigenvalue weighted by atomic mass is 10.1. The van der Waals surface area contributed by atoms with Crippen molar-refractivity contribution < 1.29 is 22.7 Å². The molecule has 0 aliphatic heterocycles. The molecule has 0 N–H and O–H groups in total. The lowest BCUT2D eigenvalue weighted by molar-refractivity contribution is 0.0724. The van der Waals surface area contributed by atoms with Gasteiger partial charge in [-0.2, -0.15) is 5.26 Å². The normalized spacial score (nSPS) is 10.6. The van der Waals surface area contributed by atoms with Crippen molar-refractivity contribution in [1.82, 2.24) is 0 Å². The molecule has 0 aromatic heterocycles. The van der Waals surface area contributed by atoms with Crippen molar-refractivity contribution in [2.75, 3.05) is 0 Å². The van der Waals surface area contributed by atoms with E-state index in [-0.39, 0.29) is 11.3 Å². The lowest BCUT2D eigenvalue weighted by Gasteiger charge is -2.08. The van der Waals surface area contributed by atoms with Gasteiger partial charge in [-0.25, -0.2) is 18.0 Å². The van der Waals surface area contributed by atoms with E-state index in [1.165, 1.54) is 0 Å². The van der Waals surface area contributed by atoms with Crippen LogP contribution in [0, 0.1) is 28.8 Å². The maximum absolute atomic E-state index is 14.0. The van der Waals surface area contributed by atoms with E-state index in [2.05, 4.69) is 0 Å². The summed E-state index contributed by atoms with van der Waals surface area (Å²) in [4.78, 5) is 11.9. The molecule has 6 heteroatoms. The SMILES string of the molecule is CC=CCc1cc(F)c(C(=O)Oc2ccc(C#N)c(F)c2)c(F)c1. The average Bonchev–Trinajstić information content (AvgIpc) is 2.52. The first kappa shape index (κ1) is 17.3. The van der Waals surface area contributed by atoms with Crippen molar-refractivity contribution in [1.29, 1.82) is 5.26 Å². The Bertz CT molecular complexity index is 831. The van der Waals surface area contributed by atoms with Crippen molar-refractivity contribution >= 4 is 5.97 Å². The zero-order valence-corrected chi connectivity index (χ0v) is 12.6. The molecule has 0 atom stereocenters. The number of nitriles is 1. The summed E-state index contributed by atoms with van der Waals surface area (Å²) in [5.41, 5.74) is -0.728. The molecule has 0 aliphatic carbocycles. The molecule has 0 heterocycles. The average molecular weight is 331 g/mol. The summed E-state index contributed by atoms with van der Waals surface area (Å²) < 4.78 is 46.3. The first-order chi connectivity index (χ1) is 11.5. The van der Waals surface area contributed by atoms with E-state index in [0.29, 0.717) is 12.0 Å². The zero-order valence-electron chi connectivity index (χ0n) is 12.6. The number of carbonyl (C=O) groups is 1. The van der Waals surface area contributed by atoms with Gasteiger partial charge in [0.1, 0.15) is 34.8 Å². The lowest BCUT2D eigenvalue weighted by Crippen LogP contribution is -2.14. The Morgan fingerprint density at radius 1 is 1.17 bits per heavy atom. The predicted molar refractivity (Wildman–Crippen MR) is 80.9 cm³/mol. The topological polar surface area (TPSA) is 50.1 Å². The van der Waals surface area contributed by atoms with Gasteiger partial charge in [0.15, 0.2) is 0 Å². The minimum Gasteiger partial charge on any atom is -0.423 e. The van der Waals surface area contributed by atoms with Gasteiger partial charge in [-0.1, -0.05) is 12.2 Å². The fraction of sp³-hybridized carbons (Fsp3) is 0.111. The molecule has 0 aliphatic rings. The largest absolute Gasteiger partial charge is 0.423 e. The number of allylic oxidation sites excluding steroid dienone is 2. The molecule has 0 bridgehead atoms. The molecule has 2 aromatic carbocycles. The highest BCUT2D eigenvalue weighted by Gasteiger charge is 2.21. The molecule has 0 radical (unpaired) electrons. The quantitative estimate of drug-likeness (QED) is 0.476. The number of ether oxygens (including phenoxy) is 1. The van der Waals surface area contributed by atoms with Crippen LogP contribution in [-0.4, -0.2) is 5.97 Å². The van der Waals surface area contributed by atoms with E-state index in [0.717, 1.165) is 30.3 Å². The molecular weight excluding hydrogens is 319 g/mol. The second-order valence-electron chi connectivity index (χ2n) is 4.85. The number of hydrogen-bond acceptors (Lipinski definition) is 3. The van der Waals surface area contributed by atoms with Crippen molar-refractivity contribution in [2.24, 2.45) is 0 Å². The monoisotopic (exact) mass is 331 g/mol. The highest BCUT2D eigenvalue weighted by Crippen LogP contribution is 2.21. The summed E-state index contributed by atoms with van der Waals surface area (Å²) in [6.45, 7) is 1.77. The molecule has 3 nitrogen and oxygen atoms in total. The molecule has 0 amide bonds. The summed E-state index contributed by atoms with van der Waals surface area (Å²) in [5, 5.41) is 8.63. The van der Waals surface area contributed by atoms with Crippen molar-refractivity contribution in [3.05, 3.63) is 76.6 Å². The minimum atomic E-state index is -1.29. The van der Waals surface area contributed by atoms with Crippen LogP contribution in [0.2, 0.25) is 0 Å². The highest BCUT2D eigenvalue weighted by molar-refractivity contribution is 5.91. The molecule has 2 rings (SSSR count). The summed E-state index contributed by atoms with van der Waals surface area (Å²) in [5.74, 6) is -4.56. The van der Waals surface area contributed by atoms with Crippen LogP contribution < -0.4 is 4.74 Å². The third-order valence-electron chi connectivity index (χ3n) is 3.17. The van der Waals surface area contributed by atoms with Gasteiger partial charge in [0.2, 0.25) is 0 Å². The Morgan fingerprint density at radius 2 is 1.83 bits per heavy atom.